The predicted octanol–water partition coefficient (Wildman–Crippen LogP) is 2.87. The van der Waals surface area contributed by atoms with E-state index in [1.165, 1.54) is 0 Å². The van der Waals surface area contributed by atoms with E-state index in [0.717, 1.165) is 10.4 Å². The van der Waals surface area contributed by atoms with Crippen LogP contribution >= 0.6 is 27.3 Å². The molecular weight excluding hydrogens is 240 g/mol. The molecule has 3 nitrogen and oxygen atoms in total. The maximum atomic E-state index is 4.99. The maximum absolute atomic E-state index is 4.99. The van der Waals surface area contributed by atoms with Gasteiger partial charge in [-0.3, -0.25) is 0 Å². The average molecular weight is 245 g/mol. The van der Waals surface area contributed by atoms with Crippen molar-refractivity contribution in [3.05, 3.63) is 21.7 Å². The van der Waals surface area contributed by atoms with Gasteiger partial charge in [0, 0.05) is 0 Å². The van der Waals surface area contributed by atoms with Crippen molar-refractivity contribution in [3.8, 4) is 10.8 Å². The molecule has 0 N–H and O–H groups in total. The summed E-state index contributed by atoms with van der Waals surface area (Å²) in [6.45, 7) is 2.02. The molecule has 0 fully saturated rings. The highest BCUT2D eigenvalue weighted by Gasteiger charge is 2.10. The summed E-state index contributed by atoms with van der Waals surface area (Å²) in [4.78, 5) is 5.10. The van der Waals surface area contributed by atoms with Crippen molar-refractivity contribution in [3.63, 3.8) is 0 Å². The highest BCUT2D eigenvalue weighted by molar-refractivity contribution is 9.10. The molecule has 0 aliphatic carbocycles. The van der Waals surface area contributed by atoms with Crippen LogP contribution in [0.5, 0.6) is 0 Å². The van der Waals surface area contributed by atoms with Gasteiger partial charge in [-0.25, -0.2) is 0 Å². The molecule has 0 aliphatic heterocycles. The molecule has 0 saturated carbocycles. The molecule has 2 heterocycles. The summed E-state index contributed by atoms with van der Waals surface area (Å²) in [7, 11) is 0. The number of aryl methyl sites for hydroxylation is 1. The average Bonchev–Trinajstić information content (AvgIpc) is 2.58. The van der Waals surface area contributed by atoms with Crippen molar-refractivity contribution in [2.24, 2.45) is 0 Å². The fourth-order valence-corrected chi connectivity index (χ4v) is 1.97. The number of thiophene rings is 1. The van der Waals surface area contributed by atoms with Crippen LogP contribution < -0.4 is 0 Å². The SMILES string of the molecule is Cc1ccsc1-c1nc(Br)no1. The van der Waals surface area contributed by atoms with Gasteiger partial charge in [0.15, 0.2) is 0 Å². The first-order valence-electron chi connectivity index (χ1n) is 3.31. The lowest BCUT2D eigenvalue weighted by Gasteiger charge is -1.87. The van der Waals surface area contributed by atoms with Gasteiger partial charge in [0.05, 0.1) is 4.88 Å². The molecule has 2 rings (SSSR count). The quantitative estimate of drug-likeness (QED) is 0.775. The third-order valence-corrected chi connectivity index (χ3v) is 2.78. The van der Waals surface area contributed by atoms with E-state index < -0.39 is 0 Å². The van der Waals surface area contributed by atoms with Crippen molar-refractivity contribution >= 4 is 27.3 Å². The minimum absolute atomic E-state index is 0.491. The zero-order valence-electron chi connectivity index (χ0n) is 6.24. The molecule has 0 bridgehead atoms. The number of hydrogen-bond acceptors (Lipinski definition) is 4. The van der Waals surface area contributed by atoms with Crippen LogP contribution in [0.3, 0.4) is 0 Å². The van der Waals surface area contributed by atoms with Crippen LogP contribution in [-0.4, -0.2) is 10.1 Å². The molecule has 0 radical (unpaired) electrons. The lowest BCUT2D eigenvalue weighted by atomic mass is 10.3. The Labute approximate surface area is 81.5 Å². The van der Waals surface area contributed by atoms with Crippen molar-refractivity contribution in [2.75, 3.05) is 0 Å². The van der Waals surface area contributed by atoms with Crippen molar-refractivity contribution in [2.45, 2.75) is 6.92 Å². The molecule has 0 unspecified atom stereocenters. The van der Waals surface area contributed by atoms with E-state index in [2.05, 4.69) is 26.1 Å². The molecular formula is C7H5BrN2OS. The fraction of sp³-hybridized carbons (Fsp3) is 0.143. The Kier molecular flexibility index (Phi) is 1.98. The van der Waals surface area contributed by atoms with Crippen LogP contribution in [0.15, 0.2) is 20.7 Å². The molecule has 0 aliphatic rings. The molecule has 0 saturated heterocycles. The van der Waals surface area contributed by atoms with Crippen molar-refractivity contribution in [1.82, 2.24) is 10.1 Å². The maximum Gasteiger partial charge on any atom is 0.269 e. The lowest BCUT2D eigenvalue weighted by Crippen LogP contribution is -1.73. The van der Waals surface area contributed by atoms with Gasteiger partial charge in [-0.1, -0.05) is 0 Å². The second-order valence-corrected chi connectivity index (χ2v) is 3.93. The van der Waals surface area contributed by atoms with E-state index in [-0.39, 0.29) is 0 Å². The Morgan fingerprint density at radius 1 is 1.58 bits per heavy atom. The normalized spacial score (nSPS) is 10.5. The molecule has 0 amide bonds. The number of nitrogens with zero attached hydrogens (tertiary/aromatic N) is 2. The lowest BCUT2D eigenvalue weighted by molar-refractivity contribution is 0.427. The van der Waals surface area contributed by atoms with Crippen LogP contribution in [0.1, 0.15) is 5.56 Å². The highest BCUT2D eigenvalue weighted by Crippen LogP contribution is 2.27. The molecule has 0 aromatic carbocycles. The second-order valence-electron chi connectivity index (χ2n) is 2.30. The number of halogens is 1. The molecule has 2 aromatic heterocycles. The Morgan fingerprint density at radius 3 is 2.92 bits per heavy atom. The zero-order chi connectivity index (χ0) is 8.55. The fourth-order valence-electron chi connectivity index (χ4n) is 0.890. The molecule has 0 spiro atoms. The van der Waals surface area contributed by atoms with Gasteiger partial charge in [0.1, 0.15) is 0 Å². The molecule has 5 heteroatoms. The van der Waals surface area contributed by atoms with E-state index in [1.807, 2.05) is 18.4 Å². The van der Waals surface area contributed by atoms with E-state index in [0.29, 0.717) is 10.6 Å². The summed E-state index contributed by atoms with van der Waals surface area (Å²) in [5.74, 6) is 0.578. The van der Waals surface area contributed by atoms with Crippen LogP contribution in [0.4, 0.5) is 0 Å². The minimum atomic E-state index is 0.491. The summed E-state index contributed by atoms with van der Waals surface area (Å²) in [5, 5.41) is 5.65. The molecule has 12 heavy (non-hydrogen) atoms. The largest absolute Gasteiger partial charge is 0.332 e. The Morgan fingerprint density at radius 2 is 2.42 bits per heavy atom. The van der Waals surface area contributed by atoms with Gasteiger partial charge in [-0.15, -0.1) is 11.3 Å². The number of hydrogen-bond donors (Lipinski definition) is 0. The second kappa shape index (κ2) is 2.99. The predicted molar refractivity (Wildman–Crippen MR) is 50.0 cm³/mol. The van der Waals surface area contributed by atoms with Crippen LogP contribution in [0.2, 0.25) is 0 Å². The Balaban J connectivity index is 2.50. The summed E-state index contributed by atoms with van der Waals surface area (Å²) < 4.78 is 5.48. The van der Waals surface area contributed by atoms with Crippen LogP contribution in [0, 0.1) is 6.92 Å². The van der Waals surface area contributed by atoms with E-state index >= 15 is 0 Å². The Hall–Kier alpha value is -0.680. The highest BCUT2D eigenvalue weighted by atomic mass is 79.9. The number of aromatic nitrogens is 2. The third-order valence-electron chi connectivity index (χ3n) is 1.46. The van der Waals surface area contributed by atoms with E-state index in [1.54, 1.807) is 11.3 Å². The van der Waals surface area contributed by atoms with Gasteiger partial charge >= 0.3 is 0 Å². The summed E-state index contributed by atoms with van der Waals surface area (Å²) >= 11 is 4.73. The summed E-state index contributed by atoms with van der Waals surface area (Å²) in [5.41, 5.74) is 1.16. The van der Waals surface area contributed by atoms with Gasteiger partial charge in [-0.05, 0) is 45.0 Å². The summed E-state index contributed by atoms with van der Waals surface area (Å²) in [6, 6.07) is 2.03. The smallest absolute Gasteiger partial charge is 0.269 e. The van der Waals surface area contributed by atoms with Gasteiger partial charge < -0.3 is 4.52 Å². The van der Waals surface area contributed by atoms with Crippen molar-refractivity contribution < 1.29 is 4.52 Å². The van der Waals surface area contributed by atoms with Crippen molar-refractivity contribution in [1.29, 1.82) is 0 Å². The first kappa shape index (κ1) is 7.94. The molecule has 0 atom stereocenters. The van der Waals surface area contributed by atoms with E-state index in [4.69, 9.17) is 4.52 Å². The van der Waals surface area contributed by atoms with Crippen LogP contribution in [0.25, 0.3) is 10.8 Å². The molecule has 2 aromatic rings. The third kappa shape index (κ3) is 1.30. The minimum Gasteiger partial charge on any atom is -0.332 e. The first-order valence-corrected chi connectivity index (χ1v) is 4.98. The summed E-state index contributed by atoms with van der Waals surface area (Å²) in [6.07, 6.45) is 0. The molecule has 62 valence electrons. The Bertz CT molecular complexity index is 396. The van der Waals surface area contributed by atoms with Gasteiger partial charge in [0.25, 0.3) is 5.89 Å². The zero-order valence-corrected chi connectivity index (χ0v) is 8.65. The van der Waals surface area contributed by atoms with Gasteiger partial charge in [-0.2, -0.15) is 4.98 Å². The van der Waals surface area contributed by atoms with E-state index in [9.17, 15) is 0 Å². The topological polar surface area (TPSA) is 38.9 Å². The van der Waals surface area contributed by atoms with Gasteiger partial charge in [0.2, 0.25) is 4.73 Å². The standard InChI is InChI=1S/C7H5BrN2OS/c1-4-2-3-12-5(4)6-9-7(8)10-11-6/h2-3H,1H3. The number of rotatable bonds is 1. The monoisotopic (exact) mass is 244 g/mol. The van der Waals surface area contributed by atoms with Crippen LogP contribution in [-0.2, 0) is 0 Å². The first-order chi connectivity index (χ1) is 5.77.